The van der Waals surface area contributed by atoms with Crippen molar-refractivity contribution in [2.45, 2.75) is 33.6 Å². The van der Waals surface area contributed by atoms with Crippen LogP contribution in [-0.4, -0.2) is 36.9 Å². The molecule has 2 aromatic rings. The molecule has 3 heteroatoms. The summed E-state index contributed by atoms with van der Waals surface area (Å²) in [6.07, 6.45) is 1.26. The molecule has 0 aliphatic carbocycles. The van der Waals surface area contributed by atoms with Crippen LogP contribution >= 0.6 is 0 Å². The van der Waals surface area contributed by atoms with Crippen LogP contribution in [0.4, 0.5) is 0 Å². The number of para-hydroxylation sites is 1. The Hall–Kier alpha value is -2.13. The topological polar surface area (TPSA) is 29.5 Å². The third kappa shape index (κ3) is 5.71. The number of benzene rings is 2. The van der Waals surface area contributed by atoms with Crippen LogP contribution in [0.15, 0.2) is 48.5 Å². The summed E-state index contributed by atoms with van der Waals surface area (Å²) in [5, 5.41) is 0. The number of hydrogen-bond acceptors (Lipinski definition) is 3. The molecule has 2 aromatic carbocycles. The number of rotatable bonds is 10. The van der Waals surface area contributed by atoms with Crippen LogP contribution in [0.25, 0.3) is 0 Å². The first-order chi connectivity index (χ1) is 12.2. The molecule has 0 N–H and O–H groups in total. The standard InChI is InChI=1S/C22H29NO2/c1-4-23(5-2)16-17-25-22-13-9-8-12-20(22)21(24)15-14-19-11-7-6-10-18(19)3/h6-13H,4-5,14-17H2,1-3H3. The Balaban J connectivity index is 1.96. The van der Waals surface area contributed by atoms with Gasteiger partial charge in [0.05, 0.1) is 5.56 Å². The molecule has 3 nitrogen and oxygen atoms in total. The third-order valence-corrected chi connectivity index (χ3v) is 4.63. The number of ketones is 1. The van der Waals surface area contributed by atoms with Crippen molar-refractivity contribution in [3.05, 3.63) is 65.2 Å². The lowest BCUT2D eigenvalue weighted by molar-refractivity contribution is 0.0978. The van der Waals surface area contributed by atoms with Gasteiger partial charge in [0.25, 0.3) is 0 Å². The molecule has 134 valence electrons. The molecule has 25 heavy (non-hydrogen) atoms. The van der Waals surface area contributed by atoms with Crippen LogP contribution < -0.4 is 4.74 Å². The van der Waals surface area contributed by atoms with E-state index in [4.69, 9.17) is 4.74 Å². The minimum absolute atomic E-state index is 0.140. The van der Waals surface area contributed by atoms with Gasteiger partial charge in [-0.1, -0.05) is 50.2 Å². The molecule has 0 aliphatic rings. The second-order valence-corrected chi connectivity index (χ2v) is 6.22. The highest BCUT2D eigenvalue weighted by Crippen LogP contribution is 2.21. The predicted molar refractivity (Wildman–Crippen MR) is 104 cm³/mol. The summed E-state index contributed by atoms with van der Waals surface area (Å²) >= 11 is 0. The maximum Gasteiger partial charge on any atom is 0.166 e. The molecule has 0 bridgehead atoms. The smallest absolute Gasteiger partial charge is 0.166 e. The Morgan fingerprint density at radius 3 is 2.40 bits per heavy atom. The van der Waals surface area contributed by atoms with Crippen molar-refractivity contribution in [2.75, 3.05) is 26.2 Å². The van der Waals surface area contributed by atoms with Gasteiger partial charge in [0, 0.05) is 13.0 Å². The number of aryl methyl sites for hydroxylation is 2. The molecule has 0 aliphatic heterocycles. The molecule has 0 saturated heterocycles. The molecule has 0 amide bonds. The van der Waals surface area contributed by atoms with E-state index < -0.39 is 0 Å². The van der Waals surface area contributed by atoms with Gasteiger partial charge >= 0.3 is 0 Å². The van der Waals surface area contributed by atoms with Crippen molar-refractivity contribution in [1.82, 2.24) is 4.90 Å². The van der Waals surface area contributed by atoms with E-state index in [1.54, 1.807) is 0 Å². The summed E-state index contributed by atoms with van der Waals surface area (Å²) in [7, 11) is 0. The summed E-state index contributed by atoms with van der Waals surface area (Å²) in [6.45, 7) is 9.87. The fourth-order valence-corrected chi connectivity index (χ4v) is 2.92. The minimum atomic E-state index is 0.140. The van der Waals surface area contributed by atoms with Gasteiger partial charge in [0.2, 0.25) is 0 Å². The highest BCUT2D eigenvalue weighted by molar-refractivity contribution is 5.98. The number of carbonyl (C=O) groups is 1. The number of hydrogen-bond donors (Lipinski definition) is 0. The van der Waals surface area contributed by atoms with Gasteiger partial charge in [-0.15, -0.1) is 0 Å². The quantitative estimate of drug-likeness (QED) is 0.596. The van der Waals surface area contributed by atoms with Gasteiger partial charge in [0.15, 0.2) is 5.78 Å². The maximum atomic E-state index is 12.7. The number of Topliss-reactive ketones (excluding diaryl/α,β-unsaturated/α-hetero) is 1. The van der Waals surface area contributed by atoms with Crippen LogP contribution in [0, 0.1) is 6.92 Å². The second kappa shape index (κ2) is 10.00. The van der Waals surface area contributed by atoms with Crippen molar-refractivity contribution >= 4 is 5.78 Å². The molecule has 0 aromatic heterocycles. The minimum Gasteiger partial charge on any atom is -0.491 e. The lowest BCUT2D eigenvalue weighted by Gasteiger charge is -2.18. The van der Waals surface area contributed by atoms with Crippen molar-refractivity contribution in [3.63, 3.8) is 0 Å². The Kier molecular flexibility index (Phi) is 7.68. The Morgan fingerprint density at radius 2 is 1.68 bits per heavy atom. The Bertz CT molecular complexity index is 677. The molecular formula is C22H29NO2. The molecular weight excluding hydrogens is 310 g/mol. The van der Waals surface area contributed by atoms with E-state index in [1.165, 1.54) is 11.1 Å². The average Bonchev–Trinajstić information content (AvgIpc) is 2.65. The number of ether oxygens (including phenoxy) is 1. The van der Waals surface area contributed by atoms with E-state index >= 15 is 0 Å². The Labute approximate surface area is 151 Å². The van der Waals surface area contributed by atoms with Gasteiger partial charge in [-0.2, -0.15) is 0 Å². The Morgan fingerprint density at radius 1 is 1.00 bits per heavy atom. The van der Waals surface area contributed by atoms with E-state index in [1.807, 2.05) is 36.4 Å². The summed E-state index contributed by atoms with van der Waals surface area (Å²) in [6, 6.07) is 15.8. The van der Waals surface area contributed by atoms with E-state index in [9.17, 15) is 4.79 Å². The zero-order valence-electron chi connectivity index (χ0n) is 15.6. The molecule has 0 heterocycles. The van der Waals surface area contributed by atoms with Crippen molar-refractivity contribution < 1.29 is 9.53 Å². The molecule has 0 atom stereocenters. The fourth-order valence-electron chi connectivity index (χ4n) is 2.92. The van der Waals surface area contributed by atoms with Gasteiger partial charge in [-0.05, 0) is 49.7 Å². The monoisotopic (exact) mass is 339 g/mol. The van der Waals surface area contributed by atoms with E-state index in [0.717, 1.165) is 26.1 Å². The molecule has 0 spiro atoms. The zero-order chi connectivity index (χ0) is 18.1. The lowest BCUT2D eigenvalue weighted by atomic mass is 9.99. The highest BCUT2D eigenvalue weighted by Gasteiger charge is 2.13. The van der Waals surface area contributed by atoms with Crippen molar-refractivity contribution in [1.29, 1.82) is 0 Å². The SMILES string of the molecule is CCN(CC)CCOc1ccccc1C(=O)CCc1ccccc1C. The average molecular weight is 339 g/mol. The van der Waals surface area contributed by atoms with Crippen LogP contribution in [-0.2, 0) is 6.42 Å². The van der Waals surface area contributed by atoms with Crippen LogP contribution in [0.1, 0.15) is 41.8 Å². The second-order valence-electron chi connectivity index (χ2n) is 6.22. The fraction of sp³-hybridized carbons (Fsp3) is 0.409. The first-order valence-electron chi connectivity index (χ1n) is 9.17. The maximum absolute atomic E-state index is 12.7. The first kappa shape index (κ1) is 19.2. The number of likely N-dealkylation sites (N-methyl/N-ethyl adjacent to an activating group) is 1. The number of nitrogens with zero attached hydrogens (tertiary/aromatic N) is 1. The van der Waals surface area contributed by atoms with Crippen molar-refractivity contribution in [2.24, 2.45) is 0 Å². The van der Waals surface area contributed by atoms with E-state index in [2.05, 4.69) is 37.8 Å². The van der Waals surface area contributed by atoms with E-state index in [-0.39, 0.29) is 5.78 Å². The normalized spacial score (nSPS) is 10.9. The van der Waals surface area contributed by atoms with E-state index in [0.29, 0.717) is 24.3 Å². The molecule has 0 saturated carbocycles. The summed E-state index contributed by atoms with van der Waals surface area (Å²) in [5.74, 6) is 0.839. The number of carbonyl (C=O) groups excluding carboxylic acids is 1. The lowest BCUT2D eigenvalue weighted by Crippen LogP contribution is -2.28. The van der Waals surface area contributed by atoms with Crippen LogP contribution in [0.3, 0.4) is 0 Å². The molecule has 0 radical (unpaired) electrons. The molecule has 0 fully saturated rings. The predicted octanol–water partition coefficient (Wildman–Crippen LogP) is 4.53. The summed E-state index contributed by atoms with van der Waals surface area (Å²) in [4.78, 5) is 15.0. The van der Waals surface area contributed by atoms with Gasteiger partial charge in [0.1, 0.15) is 12.4 Å². The van der Waals surface area contributed by atoms with Crippen LogP contribution in [0.5, 0.6) is 5.75 Å². The van der Waals surface area contributed by atoms with Gasteiger partial charge in [-0.3, -0.25) is 4.79 Å². The van der Waals surface area contributed by atoms with Crippen molar-refractivity contribution in [3.8, 4) is 5.75 Å². The first-order valence-corrected chi connectivity index (χ1v) is 9.17. The zero-order valence-corrected chi connectivity index (χ0v) is 15.6. The summed E-state index contributed by atoms with van der Waals surface area (Å²) in [5.41, 5.74) is 3.16. The van der Waals surface area contributed by atoms with Gasteiger partial charge < -0.3 is 9.64 Å². The highest BCUT2D eigenvalue weighted by atomic mass is 16.5. The third-order valence-electron chi connectivity index (χ3n) is 4.63. The molecule has 0 unspecified atom stereocenters. The molecule has 2 rings (SSSR count). The van der Waals surface area contributed by atoms with Crippen LogP contribution in [0.2, 0.25) is 0 Å². The largest absolute Gasteiger partial charge is 0.491 e. The van der Waals surface area contributed by atoms with Gasteiger partial charge in [-0.25, -0.2) is 0 Å². The summed E-state index contributed by atoms with van der Waals surface area (Å²) < 4.78 is 5.91.